The normalized spacial score (nSPS) is 11.8. The number of hydrogen-bond donors (Lipinski definition) is 3. The number of amides is 1. The molecule has 1 amide bonds. The van der Waals surface area contributed by atoms with Gasteiger partial charge in [0.2, 0.25) is 5.91 Å². The number of aromatic carboxylic acids is 1. The van der Waals surface area contributed by atoms with Crippen molar-refractivity contribution in [1.29, 1.82) is 0 Å². The van der Waals surface area contributed by atoms with Gasteiger partial charge in [0.1, 0.15) is 5.75 Å². The molecular weight excluding hydrogens is 260 g/mol. The van der Waals surface area contributed by atoms with E-state index < -0.39 is 5.97 Å². The average Bonchev–Trinajstić information content (AvgIpc) is 2.44. The average molecular weight is 280 g/mol. The second-order valence-electron chi connectivity index (χ2n) is 4.54. The summed E-state index contributed by atoms with van der Waals surface area (Å²) in [5.74, 6) is -1.07. The van der Waals surface area contributed by atoms with Crippen molar-refractivity contribution in [3.63, 3.8) is 0 Å². The van der Waals surface area contributed by atoms with Gasteiger partial charge in [0.15, 0.2) is 0 Å². The van der Waals surface area contributed by atoms with Crippen molar-refractivity contribution < 1.29 is 19.4 Å². The number of rotatable bonds is 7. The smallest absolute Gasteiger partial charge is 0.337 e. The van der Waals surface area contributed by atoms with Crippen molar-refractivity contribution >= 4 is 17.6 Å². The van der Waals surface area contributed by atoms with Crippen molar-refractivity contribution in [2.45, 2.75) is 19.8 Å². The van der Waals surface area contributed by atoms with Crippen LogP contribution in [0, 0.1) is 5.92 Å². The van der Waals surface area contributed by atoms with Gasteiger partial charge in [-0.1, -0.05) is 6.92 Å². The second-order valence-corrected chi connectivity index (χ2v) is 4.54. The molecule has 110 valence electrons. The summed E-state index contributed by atoms with van der Waals surface area (Å²) in [5, 5.41) is 11.7. The van der Waals surface area contributed by atoms with E-state index in [1.165, 1.54) is 25.3 Å². The van der Waals surface area contributed by atoms with Gasteiger partial charge in [-0.2, -0.15) is 0 Å². The minimum Gasteiger partial charge on any atom is -0.497 e. The monoisotopic (exact) mass is 280 g/mol. The molecule has 0 aliphatic carbocycles. The van der Waals surface area contributed by atoms with Crippen molar-refractivity contribution in [3.8, 4) is 5.75 Å². The van der Waals surface area contributed by atoms with Crippen LogP contribution < -0.4 is 15.8 Å². The number of anilines is 1. The third-order valence-corrected chi connectivity index (χ3v) is 3.00. The van der Waals surface area contributed by atoms with Crippen LogP contribution in [0.4, 0.5) is 5.69 Å². The van der Waals surface area contributed by atoms with Crippen LogP contribution in [0.1, 0.15) is 30.1 Å². The van der Waals surface area contributed by atoms with Gasteiger partial charge >= 0.3 is 5.97 Å². The van der Waals surface area contributed by atoms with E-state index in [9.17, 15) is 9.59 Å². The van der Waals surface area contributed by atoms with E-state index in [1.807, 2.05) is 0 Å². The molecule has 0 spiro atoms. The summed E-state index contributed by atoms with van der Waals surface area (Å²) in [6, 6.07) is 4.44. The Hall–Kier alpha value is -2.08. The Kier molecular flexibility index (Phi) is 5.99. The number of carbonyl (C=O) groups is 2. The lowest BCUT2D eigenvalue weighted by Crippen LogP contribution is -2.22. The third-order valence-electron chi connectivity index (χ3n) is 3.00. The highest BCUT2D eigenvalue weighted by Crippen LogP contribution is 2.23. The molecule has 1 atom stereocenters. The van der Waals surface area contributed by atoms with Crippen LogP contribution >= 0.6 is 0 Å². The van der Waals surface area contributed by atoms with E-state index in [1.54, 1.807) is 6.92 Å². The van der Waals surface area contributed by atoms with E-state index in [-0.39, 0.29) is 23.1 Å². The van der Waals surface area contributed by atoms with Crippen LogP contribution in [-0.4, -0.2) is 30.6 Å². The molecule has 0 bridgehead atoms. The molecule has 0 aliphatic rings. The van der Waals surface area contributed by atoms with E-state index in [0.717, 1.165) is 6.42 Å². The summed E-state index contributed by atoms with van der Waals surface area (Å²) in [7, 11) is 1.48. The number of benzene rings is 1. The number of carbonyl (C=O) groups excluding carboxylic acids is 1. The summed E-state index contributed by atoms with van der Waals surface area (Å²) < 4.78 is 5.04. The fraction of sp³-hybridized carbons (Fsp3) is 0.429. The van der Waals surface area contributed by atoms with Gasteiger partial charge in [0.25, 0.3) is 0 Å². The van der Waals surface area contributed by atoms with Gasteiger partial charge in [0.05, 0.1) is 18.4 Å². The van der Waals surface area contributed by atoms with E-state index in [0.29, 0.717) is 18.7 Å². The van der Waals surface area contributed by atoms with Gasteiger partial charge in [-0.05, 0) is 31.5 Å². The molecule has 0 radical (unpaired) electrons. The van der Waals surface area contributed by atoms with Crippen LogP contribution in [0.15, 0.2) is 18.2 Å². The van der Waals surface area contributed by atoms with Crippen LogP contribution in [0.25, 0.3) is 0 Å². The molecule has 1 aromatic rings. The second kappa shape index (κ2) is 7.49. The fourth-order valence-corrected chi connectivity index (χ4v) is 1.75. The summed E-state index contributed by atoms with van der Waals surface area (Å²) in [5.41, 5.74) is 5.68. The summed E-state index contributed by atoms with van der Waals surface area (Å²) >= 11 is 0. The molecule has 4 N–H and O–H groups in total. The van der Waals surface area contributed by atoms with E-state index >= 15 is 0 Å². The Morgan fingerprint density at radius 1 is 1.45 bits per heavy atom. The van der Waals surface area contributed by atoms with Gasteiger partial charge < -0.3 is 20.9 Å². The first-order chi connectivity index (χ1) is 9.49. The van der Waals surface area contributed by atoms with Crippen molar-refractivity contribution in [2.75, 3.05) is 19.0 Å². The maximum atomic E-state index is 12.0. The Morgan fingerprint density at radius 2 is 2.15 bits per heavy atom. The molecule has 0 heterocycles. The zero-order chi connectivity index (χ0) is 15.1. The number of hydrogen-bond acceptors (Lipinski definition) is 4. The molecule has 6 heteroatoms. The van der Waals surface area contributed by atoms with Crippen molar-refractivity contribution in [2.24, 2.45) is 11.7 Å². The molecule has 1 unspecified atom stereocenters. The molecule has 1 aromatic carbocycles. The van der Waals surface area contributed by atoms with Crippen LogP contribution in [0.3, 0.4) is 0 Å². The minimum atomic E-state index is -1.10. The lowest BCUT2D eigenvalue weighted by atomic mass is 10.0. The quantitative estimate of drug-likeness (QED) is 0.705. The molecule has 1 rings (SSSR count). The highest BCUT2D eigenvalue weighted by molar-refractivity contribution is 6.01. The van der Waals surface area contributed by atoms with Gasteiger partial charge in [-0.15, -0.1) is 0 Å². The highest BCUT2D eigenvalue weighted by Gasteiger charge is 2.17. The molecule has 0 saturated heterocycles. The van der Waals surface area contributed by atoms with Crippen molar-refractivity contribution in [1.82, 2.24) is 0 Å². The predicted octanol–water partition coefficient (Wildman–Crippen LogP) is 1.71. The lowest BCUT2D eigenvalue weighted by molar-refractivity contribution is -0.119. The molecule has 0 saturated carbocycles. The van der Waals surface area contributed by atoms with Gasteiger partial charge in [-0.3, -0.25) is 4.79 Å². The molecular formula is C14H20N2O4. The molecule has 0 fully saturated rings. The molecule has 20 heavy (non-hydrogen) atoms. The van der Waals surface area contributed by atoms with E-state index in [4.69, 9.17) is 15.6 Å². The first kappa shape index (κ1) is 16.0. The first-order valence-electron chi connectivity index (χ1n) is 6.41. The predicted molar refractivity (Wildman–Crippen MR) is 76.0 cm³/mol. The maximum absolute atomic E-state index is 12.0. The van der Waals surface area contributed by atoms with Crippen LogP contribution in [-0.2, 0) is 4.79 Å². The standard InChI is InChI=1S/C14H20N2O4/c1-9(4-3-7-15)13(17)16-12-8-10(20-2)5-6-11(12)14(18)19/h5-6,8-9H,3-4,7,15H2,1-2H3,(H,16,17)(H,18,19). The largest absolute Gasteiger partial charge is 0.497 e. The molecule has 6 nitrogen and oxygen atoms in total. The minimum absolute atomic E-state index is 0.0326. The first-order valence-corrected chi connectivity index (χ1v) is 6.41. The molecule has 0 aliphatic heterocycles. The maximum Gasteiger partial charge on any atom is 0.337 e. The SMILES string of the molecule is COc1ccc(C(=O)O)c(NC(=O)C(C)CCCN)c1. The Labute approximate surface area is 117 Å². The number of nitrogens with one attached hydrogen (secondary N) is 1. The highest BCUT2D eigenvalue weighted by atomic mass is 16.5. The van der Waals surface area contributed by atoms with Crippen LogP contribution in [0.5, 0.6) is 5.75 Å². The zero-order valence-electron chi connectivity index (χ0n) is 11.7. The number of ether oxygens (including phenoxy) is 1. The number of carboxylic acids is 1. The number of carboxylic acid groups (broad SMARTS) is 1. The van der Waals surface area contributed by atoms with E-state index in [2.05, 4.69) is 5.32 Å². The third kappa shape index (κ3) is 4.24. The lowest BCUT2D eigenvalue weighted by Gasteiger charge is -2.14. The fourth-order valence-electron chi connectivity index (χ4n) is 1.75. The Balaban J connectivity index is 2.89. The molecule has 0 aromatic heterocycles. The Morgan fingerprint density at radius 3 is 2.70 bits per heavy atom. The Bertz CT molecular complexity index is 488. The number of nitrogens with two attached hydrogens (primary N) is 1. The summed E-state index contributed by atoms with van der Waals surface area (Å²) in [6.45, 7) is 2.31. The van der Waals surface area contributed by atoms with Crippen molar-refractivity contribution in [3.05, 3.63) is 23.8 Å². The summed E-state index contributed by atoms with van der Waals surface area (Å²) in [4.78, 5) is 23.1. The van der Waals surface area contributed by atoms with Gasteiger partial charge in [-0.25, -0.2) is 4.79 Å². The number of methoxy groups -OCH3 is 1. The van der Waals surface area contributed by atoms with Crippen LogP contribution in [0.2, 0.25) is 0 Å². The topological polar surface area (TPSA) is 102 Å². The zero-order valence-corrected chi connectivity index (χ0v) is 11.7. The summed E-state index contributed by atoms with van der Waals surface area (Å²) in [6.07, 6.45) is 1.41. The van der Waals surface area contributed by atoms with Gasteiger partial charge in [0, 0.05) is 12.0 Å².